The monoisotopic (exact) mass is 295 g/mol. The molecule has 5 heteroatoms. The van der Waals surface area contributed by atoms with Gasteiger partial charge in [0, 0.05) is 16.1 Å². The fourth-order valence-electron chi connectivity index (χ4n) is 1.45. The lowest BCUT2D eigenvalue weighted by Crippen LogP contribution is -2.23. The predicted octanol–water partition coefficient (Wildman–Crippen LogP) is 2.85. The van der Waals surface area contributed by atoms with Crippen molar-refractivity contribution in [1.82, 2.24) is 4.98 Å². The van der Waals surface area contributed by atoms with Crippen LogP contribution in [0.15, 0.2) is 34.9 Å². The number of ether oxygens (including phenoxy) is 1. The molecule has 1 atom stereocenters. The summed E-state index contributed by atoms with van der Waals surface area (Å²) in [5.74, 6) is -0.532. The van der Waals surface area contributed by atoms with Gasteiger partial charge in [-0.3, -0.25) is 4.98 Å². The third-order valence-corrected chi connectivity index (χ3v) is 3.02. The summed E-state index contributed by atoms with van der Waals surface area (Å²) < 4.78 is 6.26. The molecule has 17 heavy (non-hydrogen) atoms. The summed E-state index contributed by atoms with van der Waals surface area (Å²) in [4.78, 5) is 15.0. The molecular weight excluding hydrogens is 286 g/mol. The molecule has 1 heterocycles. The molecule has 0 bridgehead atoms. The van der Waals surface area contributed by atoms with Crippen molar-refractivity contribution in [1.29, 1.82) is 0 Å². The highest BCUT2D eigenvalue weighted by Crippen LogP contribution is 2.30. The van der Waals surface area contributed by atoms with E-state index >= 15 is 0 Å². The first kappa shape index (κ1) is 11.9. The average Bonchev–Trinajstić information content (AvgIpc) is 2.33. The lowest BCUT2D eigenvalue weighted by atomic mass is 10.2. The van der Waals surface area contributed by atoms with E-state index < -0.39 is 12.1 Å². The number of hydrogen-bond donors (Lipinski definition) is 1. The van der Waals surface area contributed by atoms with Crippen LogP contribution >= 0.6 is 15.9 Å². The Hall–Kier alpha value is -1.62. The molecule has 1 N–H and O–H groups in total. The standard InChI is InChI=1S/C12H10BrNO3/c1-7(12(15)16)17-10-5-4-9(13)8-3-2-6-14-11(8)10/h2-7H,1H3,(H,15,16). The van der Waals surface area contributed by atoms with Gasteiger partial charge in [0.25, 0.3) is 0 Å². The molecule has 1 aromatic carbocycles. The number of carboxylic acids is 1. The summed E-state index contributed by atoms with van der Waals surface area (Å²) in [5, 5.41) is 9.71. The molecular formula is C12H10BrNO3. The number of hydrogen-bond acceptors (Lipinski definition) is 3. The van der Waals surface area contributed by atoms with Crippen LogP contribution in [-0.2, 0) is 4.79 Å². The lowest BCUT2D eigenvalue weighted by Gasteiger charge is -2.12. The van der Waals surface area contributed by atoms with Gasteiger partial charge in [-0.25, -0.2) is 4.79 Å². The Balaban J connectivity index is 2.48. The molecule has 4 nitrogen and oxygen atoms in total. The van der Waals surface area contributed by atoms with Gasteiger partial charge in [0.05, 0.1) is 0 Å². The maximum absolute atomic E-state index is 10.8. The van der Waals surface area contributed by atoms with Gasteiger partial charge < -0.3 is 9.84 Å². The van der Waals surface area contributed by atoms with E-state index in [1.54, 1.807) is 12.3 Å². The Bertz CT molecular complexity index is 571. The number of benzene rings is 1. The van der Waals surface area contributed by atoms with E-state index in [2.05, 4.69) is 20.9 Å². The van der Waals surface area contributed by atoms with Crippen molar-refractivity contribution in [3.63, 3.8) is 0 Å². The Labute approximate surface area is 106 Å². The highest BCUT2D eigenvalue weighted by molar-refractivity contribution is 9.10. The van der Waals surface area contributed by atoms with E-state index in [-0.39, 0.29) is 0 Å². The SMILES string of the molecule is CC(Oc1ccc(Br)c2cccnc12)C(=O)O. The van der Waals surface area contributed by atoms with Crippen molar-refractivity contribution in [3.8, 4) is 5.75 Å². The molecule has 0 saturated heterocycles. The second-order valence-corrected chi connectivity index (χ2v) is 4.40. The summed E-state index contributed by atoms with van der Waals surface area (Å²) in [6.45, 7) is 1.49. The number of halogens is 1. The van der Waals surface area contributed by atoms with Crippen molar-refractivity contribution >= 4 is 32.8 Å². The number of rotatable bonds is 3. The minimum Gasteiger partial charge on any atom is -0.479 e. The fourth-order valence-corrected chi connectivity index (χ4v) is 1.90. The lowest BCUT2D eigenvalue weighted by molar-refractivity contribution is -0.144. The molecule has 0 aliphatic rings. The summed E-state index contributed by atoms with van der Waals surface area (Å²) in [6, 6.07) is 7.23. The Kier molecular flexibility index (Phi) is 3.28. The third-order valence-electron chi connectivity index (χ3n) is 2.33. The highest BCUT2D eigenvalue weighted by atomic mass is 79.9. The van der Waals surface area contributed by atoms with Crippen molar-refractivity contribution in [2.45, 2.75) is 13.0 Å². The summed E-state index contributed by atoms with van der Waals surface area (Å²) in [7, 11) is 0. The topological polar surface area (TPSA) is 59.4 Å². The molecule has 1 aromatic heterocycles. The Morgan fingerprint density at radius 2 is 2.24 bits per heavy atom. The first-order valence-corrected chi connectivity index (χ1v) is 5.81. The maximum Gasteiger partial charge on any atom is 0.344 e. The van der Waals surface area contributed by atoms with E-state index in [9.17, 15) is 4.79 Å². The largest absolute Gasteiger partial charge is 0.479 e. The number of aliphatic carboxylic acids is 1. The summed E-state index contributed by atoms with van der Waals surface area (Å²) in [5.41, 5.74) is 0.648. The average molecular weight is 296 g/mol. The van der Waals surface area contributed by atoms with Crippen LogP contribution in [-0.4, -0.2) is 22.2 Å². The van der Waals surface area contributed by atoms with E-state index in [0.717, 1.165) is 9.86 Å². The second kappa shape index (κ2) is 4.71. The van der Waals surface area contributed by atoms with Gasteiger partial charge in [-0.1, -0.05) is 22.0 Å². The van der Waals surface area contributed by atoms with Gasteiger partial charge in [0.15, 0.2) is 6.10 Å². The van der Waals surface area contributed by atoms with Crippen molar-refractivity contribution in [2.24, 2.45) is 0 Å². The Morgan fingerprint density at radius 1 is 1.47 bits per heavy atom. The number of pyridine rings is 1. The zero-order valence-electron chi connectivity index (χ0n) is 9.05. The molecule has 0 amide bonds. The second-order valence-electron chi connectivity index (χ2n) is 3.54. The molecule has 0 radical (unpaired) electrons. The molecule has 0 aliphatic carbocycles. The van der Waals surface area contributed by atoms with Crippen LogP contribution in [0.2, 0.25) is 0 Å². The maximum atomic E-state index is 10.8. The molecule has 2 aromatic rings. The third kappa shape index (κ3) is 2.39. The molecule has 1 unspecified atom stereocenters. The van der Waals surface area contributed by atoms with Crippen molar-refractivity contribution in [2.75, 3.05) is 0 Å². The van der Waals surface area contributed by atoms with Gasteiger partial charge in [0.2, 0.25) is 0 Å². The van der Waals surface area contributed by atoms with Crippen LogP contribution in [0.1, 0.15) is 6.92 Å². The first-order valence-electron chi connectivity index (χ1n) is 5.02. The minimum atomic E-state index is -1.00. The van der Waals surface area contributed by atoms with Crippen LogP contribution < -0.4 is 4.74 Å². The quantitative estimate of drug-likeness (QED) is 0.946. The zero-order chi connectivity index (χ0) is 12.4. The fraction of sp³-hybridized carbons (Fsp3) is 0.167. The minimum absolute atomic E-state index is 0.471. The molecule has 88 valence electrons. The summed E-state index contributed by atoms with van der Waals surface area (Å²) >= 11 is 3.41. The van der Waals surface area contributed by atoms with Crippen LogP contribution in [0.3, 0.4) is 0 Å². The molecule has 0 saturated carbocycles. The zero-order valence-corrected chi connectivity index (χ0v) is 10.6. The van der Waals surface area contributed by atoms with Crippen molar-refractivity contribution in [3.05, 3.63) is 34.9 Å². The number of carbonyl (C=O) groups is 1. The molecule has 2 rings (SSSR count). The van der Waals surface area contributed by atoms with Crippen LogP contribution in [0.5, 0.6) is 5.75 Å². The van der Waals surface area contributed by atoms with Gasteiger partial charge in [-0.2, -0.15) is 0 Å². The van der Waals surface area contributed by atoms with E-state index in [1.807, 2.05) is 18.2 Å². The van der Waals surface area contributed by atoms with E-state index in [1.165, 1.54) is 6.92 Å². The van der Waals surface area contributed by atoms with Gasteiger partial charge >= 0.3 is 5.97 Å². The van der Waals surface area contributed by atoms with Crippen LogP contribution in [0.25, 0.3) is 10.9 Å². The number of nitrogens with zero attached hydrogens (tertiary/aromatic N) is 1. The van der Waals surface area contributed by atoms with Crippen LogP contribution in [0, 0.1) is 0 Å². The van der Waals surface area contributed by atoms with Gasteiger partial charge in [-0.15, -0.1) is 0 Å². The molecule has 0 aliphatic heterocycles. The normalized spacial score (nSPS) is 12.4. The predicted molar refractivity (Wildman–Crippen MR) is 67.2 cm³/mol. The van der Waals surface area contributed by atoms with E-state index in [0.29, 0.717) is 11.3 Å². The molecule has 0 spiro atoms. The molecule has 0 fully saturated rings. The smallest absolute Gasteiger partial charge is 0.344 e. The number of fused-ring (bicyclic) bond motifs is 1. The first-order chi connectivity index (χ1) is 8.09. The summed E-state index contributed by atoms with van der Waals surface area (Å²) in [6.07, 6.45) is 0.744. The van der Waals surface area contributed by atoms with Gasteiger partial charge in [-0.05, 0) is 25.1 Å². The highest BCUT2D eigenvalue weighted by Gasteiger charge is 2.15. The Morgan fingerprint density at radius 3 is 2.94 bits per heavy atom. The van der Waals surface area contributed by atoms with Gasteiger partial charge in [0.1, 0.15) is 11.3 Å². The number of aromatic nitrogens is 1. The van der Waals surface area contributed by atoms with E-state index in [4.69, 9.17) is 9.84 Å². The van der Waals surface area contributed by atoms with Crippen LogP contribution in [0.4, 0.5) is 0 Å². The number of carboxylic acid groups (broad SMARTS) is 1. The van der Waals surface area contributed by atoms with Crippen molar-refractivity contribution < 1.29 is 14.6 Å².